The monoisotopic (exact) mass is 671 g/mol. The third-order valence-corrected chi connectivity index (χ3v) is 10.7. The van der Waals surface area contributed by atoms with E-state index in [1.165, 1.54) is 209 Å². The van der Waals surface area contributed by atoms with Crippen molar-refractivity contribution in [1.29, 1.82) is 0 Å². The van der Waals surface area contributed by atoms with Crippen LogP contribution < -0.4 is 0 Å². The van der Waals surface area contributed by atoms with Crippen molar-refractivity contribution in [2.75, 3.05) is 13.1 Å². The maximum Gasteiger partial charge on any atom is 0.105 e. The molecule has 1 heteroatoms. The summed E-state index contributed by atoms with van der Waals surface area (Å²) in [6, 6.07) is 22.8. The number of rotatable bonds is 34. The topological polar surface area (TPSA) is 0 Å². The smallest absolute Gasteiger partial charge is 0.105 e. The fourth-order valence-corrected chi connectivity index (χ4v) is 7.71. The molecule has 0 saturated carbocycles. The summed E-state index contributed by atoms with van der Waals surface area (Å²) in [6.07, 6.45) is 45.6. The van der Waals surface area contributed by atoms with Gasteiger partial charge in [0.15, 0.2) is 0 Å². The first kappa shape index (κ1) is 43.0. The van der Waals surface area contributed by atoms with E-state index in [4.69, 9.17) is 0 Å². The molecule has 0 radical (unpaired) electrons. The van der Waals surface area contributed by atoms with E-state index >= 15 is 0 Å². The molecule has 0 aliphatic carbocycles. The third-order valence-electron chi connectivity index (χ3n) is 10.7. The first-order valence-corrected chi connectivity index (χ1v) is 21.4. The van der Waals surface area contributed by atoms with Crippen LogP contribution in [0.15, 0.2) is 85.0 Å². The van der Waals surface area contributed by atoms with Crippen LogP contribution in [0.2, 0.25) is 0 Å². The van der Waals surface area contributed by atoms with Gasteiger partial charge in [-0.2, -0.15) is 0 Å². The lowest BCUT2D eigenvalue weighted by Gasteiger charge is -2.39. The van der Waals surface area contributed by atoms with E-state index in [0.29, 0.717) is 0 Å². The lowest BCUT2D eigenvalue weighted by molar-refractivity contribution is -0.954. The third kappa shape index (κ3) is 24.6. The highest BCUT2D eigenvalue weighted by Crippen LogP contribution is 2.24. The van der Waals surface area contributed by atoms with Gasteiger partial charge in [0.1, 0.15) is 13.1 Å². The second-order valence-corrected chi connectivity index (χ2v) is 15.3. The number of allylic oxidation sites excluding steroid dienone is 4. The van der Waals surface area contributed by atoms with Crippen molar-refractivity contribution in [2.24, 2.45) is 0 Å². The highest BCUT2D eigenvalue weighted by Gasteiger charge is 2.27. The SMILES string of the molecule is C/C=C/CCCCCCCCCCCCCC[N+](CCCCCCCCCCCCCC/C=C/C)(Cc1ccccc1)Cc1ccccc1. The predicted octanol–water partition coefficient (Wildman–Crippen LogP) is 15.5. The molecule has 0 N–H and O–H groups in total. The summed E-state index contributed by atoms with van der Waals surface area (Å²) in [5.74, 6) is 0. The van der Waals surface area contributed by atoms with E-state index in [2.05, 4.69) is 98.8 Å². The molecule has 49 heavy (non-hydrogen) atoms. The Hall–Kier alpha value is -2.12. The molecule has 0 aliphatic rings. The van der Waals surface area contributed by atoms with E-state index in [0.717, 1.165) is 0 Å². The zero-order valence-electron chi connectivity index (χ0n) is 32.7. The summed E-state index contributed by atoms with van der Waals surface area (Å²) < 4.78 is 1.22. The summed E-state index contributed by atoms with van der Waals surface area (Å²) in [5, 5.41) is 0. The van der Waals surface area contributed by atoms with Crippen molar-refractivity contribution in [3.8, 4) is 0 Å². The largest absolute Gasteiger partial charge is 0.316 e. The van der Waals surface area contributed by atoms with Gasteiger partial charge in [-0.1, -0.05) is 201 Å². The normalized spacial score (nSPS) is 12.1. The molecule has 0 bridgehead atoms. The van der Waals surface area contributed by atoms with Crippen molar-refractivity contribution in [3.05, 3.63) is 96.1 Å². The van der Waals surface area contributed by atoms with Gasteiger partial charge in [0, 0.05) is 11.1 Å². The Morgan fingerprint density at radius 1 is 0.347 bits per heavy atom. The molecule has 0 aromatic heterocycles. The Bertz CT molecular complexity index is 922. The van der Waals surface area contributed by atoms with Gasteiger partial charge in [-0.25, -0.2) is 0 Å². The molecule has 0 unspecified atom stereocenters. The number of hydrogen-bond donors (Lipinski definition) is 0. The van der Waals surface area contributed by atoms with Crippen molar-refractivity contribution in [2.45, 2.75) is 194 Å². The molecule has 2 aromatic rings. The quantitative estimate of drug-likeness (QED) is 0.0395. The summed E-state index contributed by atoms with van der Waals surface area (Å²) in [6.45, 7) is 9.22. The van der Waals surface area contributed by atoms with E-state index in [1.54, 1.807) is 0 Å². The lowest BCUT2D eigenvalue weighted by Crippen LogP contribution is -2.48. The van der Waals surface area contributed by atoms with E-state index in [9.17, 15) is 0 Å². The number of hydrogen-bond acceptors (Lipinski definition) is 0. The second kappa shape index (κ2) is 31.8. The molecule has 0 heterocycles. The van der Waals surface area contributed by atoms with Crippen molar-refractivity contribution in [1.82, 2.24) is 0 Å². The minimum Gasteiger partial charge on any atom is -0.316 e. The van der Waals surface area contributed by atoms with Gasteiger partial charge in [0.2, 0.25) is 0 Å². The Labute approximate surface area is 306 Å². The highest BCUT2D eigenvalue weighted by molar-refractivity contribution is 5.15. The molecule has 0 amide bonds. The summed E-state index contributed by atoms with van der Waals surface area (Å²) in [7, 11) is 0. The summed E-state index contributed by atoms with van der Waals surface area (Å²) >= 11 is 0. The highest BCUT2D eigenvalue weighted by atomic mass is 15.3. The van der Waals surface area contributed by atoms with Crippen LogP contribution in [0, 0.1) is 0 Å². The fourth-order valence-electron chi connectivity index (χ4n) is 7.71. The number of quaternary nitrogens is 1. The maximum absolute atomic E-state index is 2.37. The molecule has 2 rings (SSSR count). The fraction of sp³-hybridized carbons (Fsp3) is 0.667. The van der Waals surface area contributed by atoms with Crippen LogP contribution in [0.1, 0.15) is 192 Å². The van der Waals surface area contributed by atoms with Gasteiger partial charge in [-0.05, 0) is 65.2 Å². The first-order chi connectivity index (χ1) is 24.3. The van der Waals surface area contributed by atoms with Crippen LogP contribution in [0.5, 0.6) is 0 Å². The van der Waals surface area contributed by atoms with Crippen LogP contribution in [0.3, 0.4) is 0 Å². The van der Waals surface area contributed by atoms with Gasteiger partial charge in [-0.15, -0.1) is 0 Å². The maximum atomic E-state index is 2.37. The molecule has 0 atom stereocenters. The zero-order valence-corrected chi connectivity index (χ0v) is 32.7. The molecular formula is C48H80N+. The van der Waals surface area contributed by atoms with Crippen molar-refractivity contribution < 1.29 is 4.48 Å². The average molecular weight is 671 g/mol. The standard InChI is InChI=1S/C48H80N/c1-3-5-7-9-11-13-15-17-19-21-23-25-27-29-37-43-49(45-47-39-33-31-34-40-47,46-48-41-35-32-36-42-48)44-38-30-28-26-24-22-20-18-16-14-12-10-8-6-4-2/h3-6,31-36,39-42H,7-30,37-38,43-46H2,1-2H3/q+1/b5-3+,6-4+. The molecule has 0 saturated heterocycles. The van der Waals surface area contributed by atoms with Crippen LogP contribution in [-0.2, 0) is 13.1 Å². The van der Waals surface area contributed by atoms with Crippen LogP contribution >= 0.6 is 0 Å². The molecular weight excluding hydrogens is 591 g/mol. The molecule has 0 spiro atoms. The minimum atomic E-state index is 1.17. The second-order valence-electron chi connectivity index (χ2n) is 15.3. The van der Waals surface area contributed by atoms with Crippen molar-refractivity contribution in [3.63, 3.8) is 0 Å². The Morgan fingerprint density at radius 3 is 0.898 bits per heavy atom. The van der Waals surface area contributed by atoms with Crippen molar-refractivity contribution >= 4 is 0 Å². The summed E-state index contributed by atoms with van der Waals surface area (Å²) in [4.78, 5) is 0. The first-order valence-electron chi connectivity index (χ1n) is 21.4. The Kier molecular flexibility index (Phi) is 28.0. The van der Waals surface area contributed by atoms with Gasteiger partial charge in [0.05, 0.1) is 13.1 Å². The average Bonchev–Trinajstić information content (AvgIpc) is 3.12. The van der Waals surface area contributed by atoms with Gasteiger partial charge >= 0.3 is 0 Å². The number of nitrogens with zero attached hydrogens (tertiary/aromatic N) is 1. The van der Waals surface area contributed by atoms with Gasteiger partial charge < -0.3 is 4.48 Å². The molecule has 2 aromatic carbocycles. The summed E-state index contributed by atoms with van der Waals surface area (Å²) in [5.41, 5.74) is 3.02. The molecule has 1 nitrogen and oxygen atoms in total. The Balaban J connectivity index is 1.71. The van der Waals surface area contributed by atoms with Gasteiger partial charge in [-0.3, -0.25) is 0 Å². The lowest BCUT2D eigenvalue weighted by atomic mass is 10.0. The zero-order chi connectivity index (χ0) is 34.8. The molecule has 276 valence electrons. The molecule has 0 aliphatic heterocycles. The van der Waals surface area contributed by atoms with Crippen LogP contribution in [0.4, 0.5) is 0 Å². The van der Waals surface area contributed by atoms with E-state index in [-0.39, 0.29) is 0 Å². The van der Waals surface area contributed by atoms with Crippen LogP contribution in [0.25, 0.3) is 0 Å². The number of unbranched alkanes of at least 4 members (excludes halogenated alkanes) is 24. The van der Waals surface area contributed by atoms with E-state index < -0.39 is 0 Å². The van der Waals surface area contributed by atoms with E-state index in [1.807, 2.05) is 0 Å². The minimum absolute atomic E-state index is 1.17. The molecule has 0 fully saturated rings. The Morgan fingerprint density at radius 2 is 0.612 bits per heavy atom. The number of benzene rings is 2. The predicted molar refractivity (Wildman–Crippen MR) is 220 cm³/mol. The van der Waals surface area contributed by atoms with Gasteiger partial charge in [0.25, 0.3) is 0 Å². The van der Waals surface area contributed by atoms with Crippen LogP contribution in [-0.4, -0.2) is 17.6 Å².